The number of carbonyl (C=O) groups excluding carboxylic acids is 2. The number of amides is 2. The van der Waals surface area contributed by atoms with Gasteiger partial charge in [0.05, 0.1) is 17.7 Å². The summed E-state index contributed by atoms with van der Waals surface area (Å²) in [5, 5.41) is 3.32. The van der Waals surface area contributed by atoms with Crippen LogP contribution in [0.2, 0.25) is 5.02 Å². The Balaban J connectivity index is 2.13. The van der Waals surface area contributed by atoms with E-state index in [9.17, 15) is 18.0 Å². The smallest absolute Gasteiger partial charge is 0.264 e. The average molecular weight is 586 g/mol. The van der Waals surface area contributed by atoms with Crippen LogP contribution < -0.4 is 14.4 Å². The number of nitrogens with one attached hydrogen (secondary N) is 1. The van der Waals surface area contributed by atoms with E-state index in [0.717, 1.165) is 9.87 Å². The number of carbonyl (C=O) groups is 2. The molecule has 214 valence electrons. The zero-order valence-corrected chi connectivity index (χ0v) is 25.0. The summed E-state index contributed by atoms with van der Waals surface area (Å²) >= 11 is 6.43. The number of halogens is 1. The van der Waals surface area contributed by atoms with Crippen LogP contribution in [-0.4, -0.2) is 50.9 Å². The van der Waals surface area contributed by atoms with E-state index in [-0.39, 0.29) is 29.1 Å². The molecule has 8 nitrogen and oxygen atoms in total. The van der Waals surface area contributed by atoms with Gasteiger partial charge >= 0.3 is 0 Å². The molecular weight excluding hydrogens is 550 g/mol. The molecule has 0 heterocycles. The van der Waals surface area contributed by atoms with E-state index in [2.05, 4.69) is 5.32 Å². The molecule has 0 spiro atoms. The van der Waals surface area contributed by atoms with E-state index in [4.69, 9.17) is 16.3 Å². The second-order valence-corrected chi connectivity index (χ2v) is 12.0. The van der Waals surface area contributed by atoms with Crippen LogP contribution in [0.1, 0.15) is 38.3 Å². The predicted octanol–water partition coefficient (Wildman–Crippen LogP) is 5.18. The summed E-state index contributed by atoms with van der Waals surface area (Å²) in [5.74, 6) is -0.600. The van der Waals surface area contributed by atoms with Crippen LogP contribution in [0.25, 0.3) is 0 Å². The number of anilines is 1. The fourth-order valence-corrected chi connectivity index (χ4v) is 5.97. The molecule has 0 saturated heterocycles. The summed E-state index contributed by atoms with van der Waals surface area (Å²) in [7, 11) is -2.76. The molecule has 1 N–H and O–H groups in total. The van der Waals surface area contributed by atoms with E-state index in [0.29, 0.717) is 22.8 Å². The summed E-state index contributed by atoms with van der Waals surface area (Å²) in [6.07, 6.45) is 0.313. The van der Waals surface area contributed by atoms with Gasteiger partial charge in [0.2, 0.25) is 11.8 Å². The average Bonchev–Trinajstić information content (AvgIpc) is 2.92. The third kappa shape index (κ3) is 7.34. The minimum Gasteiger partial charge on any atom is -0.495 e. The maximum Gasteiger partial charge on any atom is 0.264 e. The van der Waals surface area contributed by atoms with Crippen molar-refractivity contribution >= 4 is 39.1 Å². The number of hydrogen-bond acceptors (Lipinski definition) is 5. The van der Waals surface area contributed by atoms with Crippen LogP contribution in [-0.2, 0) is 26.2 Å². The highest BCUT2D eigenvalue weighted by atomic mass is 35.5. The second kappa shape index (κ2) is 13.7. The number of ether oxygens (including phenoxy) is 1. The number of hydrogen-bond donors (Lipinski definition) is 1. The molecule has 3 rings (SSSR count). The number of aryl methyl sites for hydroxylation is 1. The van der Waals surface area contributed by atoms with Crippen molar-refractivity contribution in [2.75, 3.05) is 18.0 Å². The highest BCUT2D eigenvalue weighted by Crippen LogP contribution is 2.34. The third-order valence-electron chi connectivity index (χ3n) is 6.33. The van der Waals surface area contributed by atoms with Gasteiger partial charge in [0, 0.05) is 17.6 Å². The monoisotopic (exact) mass is 585 g/mol. The van der Waals surface area contributed by atoms with Crippen molar-refractivity contribution in [3.63, 3.8) is 0 Å². The molecular formula is C30H36ClN3O5S. The first-order valence-corrected chi connectivity index (χ1v) is 14.9. The van der Waals surface area contributed by atoms with Crippen LogP contribution in [0.15, 0.2) is 77.7 Å². The number of sulfonamides is 1. The zero-order valence-electron chi connectivity index (χ0n) is 23.4. The normalized spacial score (nSPS) is 12.1. The Morgan fingerprint density at radius 2 is 1.65 bits per heavy atom. The standard InChI is InChI=1S/C30H36ClN3O5S/c1-6-26(30(36)32-21(2)3)33(19-23-12-10-11-15-25(23)31)29(35)20-34(27-18-22(4)16-17-28(27)39-5)40(37,38)24-13-8-7-9-14-24/h7-18,21,26H,6,19-20H2,1-5H3,(H,32,36)/t26-/m0/s1. The molecule has 0 aliphatic rings. The number of nitrogens with zero attached hydrogens (tertiary/aromatic N) is 2. The molecule has 2 amide bonds. The molecule has 40 heavy (non-hydrogen) atoms. The summed E-state index contributed by atoms with van der Waals surface area (Å²) in [6.45, 7) is 6.76. The molecule has 10 heteroatoms. The van der Waals surface area contributed by atoms with Crippen LogP contribution in [0.4, 0.5) is 5.69 Å². The molecule has 0 fully saturated rings. The van der Waals surface area contributed by atoms with Gasteiger partial charge in [-0.1, -0.05) is 61.0 Å². The Morgan fingerprint density at radius 1 is 1.00 bits per heavy atom. The molecule has 0 unspecified atom stereocenters. The maximum atomic E-state index is 14.2. The Bertz CT molecular complexity index is 1430. The maximum absolute atomic E-state index is 14.2. The number of methoxy groups -OCH3 is 1. The predicted molar refractivity (Wildman–Crippen MR) is 158 cm³/mol. The highest BCUT2D eigenvalue weighted by Gasteiger charge is 2.35. The minimum absolute atomic E-state index is 0.0205. The van der Waals surface area contributed by atoms with Gasteiger partial charge in [-0.15, -0.1) is 0 Å². The first-order chi connectivity index (χ1) is 19.0. The summed E-state index contributed by atoms with van der Waals surface area (Å²) in [4.78, 5) is 28.8. The topological polar surface area (TPSA) is 96.0 Å². The second-order valence-electron chi connectivity index (χ2n) is 9.70. The molecule has 3 aromatic rings. The lowest BCUT2D eigenvalue weighted by molar-refractivity contribution is -0.140. The number of rotatable bonds is 12. The van der Waals surface area contributed by atoms with Crippen molar-refractivity contribution < 1.29 is 22.7 Å². The van der Waals surface area contributed by atoms with E-state index in [1.807, 2.05) is 20.8 Å². The molecule has 1 atom stereocenters. The van der Waals surface area contributed by atoms with Crippen molar-refractivity contribution in [3.05, 3.63) is 88.9 Å². The van der Waals surface area contributed by atoms with E-state index < -0.39 is 28.5 Å². The van der Waals surface area contributed by atoms with Crippen LogP contribution in [0, 0.1) is 6.92 Å². The molecule has 0 saturated carbocycles. The lowest BCUT2D eigenvalue weighted by atomic mass is 10.1. The van der Waals surface area contributed by atoms with Gasteiger partial charge in [0.1, 0.15) is 18.3 Å². The van der Waals surface area contributed by atoms with Gasteiger partial charge in [-0.2, -0.15) is 0 Å². The first-order valence-electron chi connectivity index (χ1n) is 13.0. The SMILES string of the molecule is CC[C@@H](C(=O)NC(C)C)N(Cc1ccccc1Cl)C(=O)CN(c1cc(C)ccc1OC)S(=O)(=O)c1ccccc1. The molecule has 0 radical (unpaired) electrons. The lowest BCUT2D eigenvalue weighted by Gasteiger charge is -2.34. The van der Waals surface area contributed by atoms with Gasteiger partial charge < -0.3 is 15.0 Å². The van der Waals surface area contributed by atoms with Gasteiger partial charge in [0.25, 0.3) is 10.0 Å². The zero-order chi connectivity index (χ0) is 29.4. The number of benzene rings is 3. The lowest BCUT2D eigenvalue weighted by Crippen LogP contribution is -2.53. The van der Waals surface area contributed by atoms with Gasteiger partial charge in [-0.3, -0.25) is 13.9 Å². The molecule has 0 aliphatic carbocycles. The summed E-state index contributed by atoms with van der Waals surface area (Å²) in [6, 6.07) is 19.1. The van der Waals surface area contributed by atoms with E-state index in [1.54, 1.807) is 67.6 Å². The molecule has 0 aromatic heterocycles. The Kier molecular flexibility index (Phi) is 10.6. The Labute approximate surface area is 241 Å². The van der Waals surface area contributed by atoms with Gasteiger partial charge in [-0.25, -0.2) is 8.42 Å². The Hall–Kier alpha value is -3.56. The third-order valence-corrected chi connectivity index (χ3v) is 8.47. The van der Waals surface area contributed by atoms with Crippen molar-refractivity contribution in [2.24, 2.45) is 0 Å². The van der Waals surface area contributed by atoms with E-state index >= 15 is 0 Å². The quantitative estimate of drug-likeness (QED) is 0.316. The van der Waals surface area contributed by atoms with Crippen molar-refractivity contribution in [1.82, 2.24) is 10.2 Å². The fourth-order valence-electron chi connectivity index (χ4n) is 4.34. The summed E-state index contributed by atoms with van der Waals surface area (Å²) in [5.41, 5.74) is 1.64. The Morgan fingerprint density at radius 3 is 2.25 bits per heavy atom. The fraction of sp³-hybridized carbons (Fsp3) is 0.333. The van der Waals surface area contributed by atoms with Crippen molar-refractivity contribution in [3.8, 4) is 5.75 Å². The molecule has 0 bridgehead atoms. The van der Waals surface area contributed by atoms with Gasteiger partial charge in [-0.05, 0) is 68.7 Å². The van der Waals surface area contributed by atoms with Crippen LogP contribution in [0.5, 0.6) is 5.75 Å². The van der Waals surface area contributed by atoms with Crippen molar-refractivity contribution in [2.45, 2.75) is 57.6 Å². The summed E-state index contributed by atoms with van der Waals surface area (Å²) < 4.78 is 34.6. The first kappa shape index (κ1) is 31.0. The van der Waals surface area contributed by atoms with E-state index in [1.165, 1.54) is 24.1 Å². The molecule has 3 aromatic carbocycles. The van der Waals surface area contributed by atoms with Crippen LogP contribution in [0.3, 0.4) is 0 Å². The van der Waals surface area contributed by atoms with Crippen molar-refractivity contribution in [1.29, 1.82) is 0 Å². The van der Waals surface area contributed by atoms with Gasteiger partial charge in [0.15, 0.2) is 0 Å². The largest absolute Gasteiger partial charge is 0.495 e. The highest BCUT2D eigenvalue weighted by molar-refractivity contribution is 7.92. The van der Waals surface area contributed by atoms with Crippen LogP contribution >= 0.6 is 11.6 Å². The minimum atomic E-state index is -4.21. The molecule has 0 aliphatic heterocycles.